The number of fused-ring (bicyclic) bond motifs is 1. The van der Waals surface area contributed by atoms with Gasteiger partial charge in [0.1, 0.15) is 6.54 Å². The number of rotatable bonds is 4. The molecule has 0 aliphatic rings. The normalized spacial score (nSPS) is 10.6. The second-order valence-electron chi connectivity index (χ2n) is 5.42. The summed E-state index contributed by atoms with van der Waals surface area (Å²) in [4.78, 5) is 24.1. The maximum Gasteiger partial charge on any atom is 0.325 e. The Balaban J connectivity index is 2.14. The van der Waals surface area contributed by atoms with E-state index in [2.05, 4.69) is 10.1 Å². The number of carbonyl (C=O) groups excluding carboxylic acids is 2. The minimum atomic E-state index is -0.482. The van der Waals surface area contributed by atoms with E-state index in [4.69, 9.17) is 0 Å². The lowest BCUT2D eigenvalue weighted by Gasteiger charge is -2.09. The molecule has 1 heterocycles. The van der Waals surface area contributed by atoms with Gasteiger partial charge in [0.2, 0.25) is 0 Å². The minimum Gasteiger partial charge on any atom is -0.468 e. The number of esters is 1. The standard InChI is InChI=1S/C19H18N2O3/c1-21-15-11-7-6-10-14(15)17(19(23)20-12-16(22)24-2)18(21)13-8-4-3-5-9-13/h3-11H,12H2,1-2H3,(H,20,23). The summed E-state index contributed by atoms with van der Waals surface area (Å²) in [5.74, 6) is -0.777. The highest BCUT2D eigenvalue weighted by Gasteiger charge is 2.22. The van der Waals surface area contributed by atoms with Crippen molar-refractivity contribution in [3.05, 3.63) is 60.2 Å². The van der Waals surface area contributed by atoms with E-state index >= 15 is 0 Å². The molecular weight excluding hydrogens is 304 g/mol. The molecule has 0 atom stereocenters. The van der Waals surface area contributed by atoms with Gasteiger partial charge in [-0.05, 0) is 11.6 Å². The Morgan fingerprint density at radius 3 is 2.42 bits per heavy atom. The number of ether oxygens (including phenoxy) is 1. The second kappa shape index (κ2) is 6.58. The van der Waals surface area contributed by atoms with Crippen LogP contribution < -0.4 is 5.32 Å². The molecule has 0 saturated carbocycles. The monoisotopic (exact) mass is 322 g/mol. The molecule has 1 amide bonds. The van der Waals surface area contributed by atoms with Crippen LogP contribution in [0.15, 0.2) is 54.6 Å². The Morgan fingerprint density at radius 1 is 1.04 bits per heavy atom. The van der Waals surface area contributed by atoms with E-state index in [1.165, 1.54) is 7.11 Å². The van der Waals surface area contributed by atoms with Gasteiger partial charge in [-0.15, -0.1) is 0 Å². The first-order valence-electron chi connectivity index (χ1n) is 7.61. The summed E-state index contributed by atoms with van der Waals surface area (Å²) in [5.41, 5.74) is 3.28. The molecule has 0 fully saturated rings. The van der Waals surface area contributed by atoms with Gasteiger partial charge in [-0.25, -0.2) is 0 Å². The zero-order chi connectivity index (χ0) is 17.1. The first-order valence-corrected chi connectivity index (χ1v) is 7.61. The molecule has 3 rings (SSSR count). The Morgan fingerprint density at radius 2 is 1.71 bits per heavy atom. The molecule has 0 aliphatic heterocycles. The van der Waals surface area contributed by atoms with Crippen LogP contribution in [0, 0.1) is 0 Å². The molecule has 5 nitrogen and oxygen atoms in total. The van der Waals surface area contributed by atoms with Crippen LogP contribution in [0.2, 0.25) is 0 Å². The summed E-state index contributed by atoms with van der Waals surface area (Å²) in [6.45, 7) is -0.160. The molecular formula is C19H18N2O3. The van der Waals surface area contributed by atoms with Crippen molar-refractivity contribution < 1.29 is 14.3 Å². The molecule has 0 radical (unpaired) electrons. The van der Waals surface area contributed by atoms with Gasteiger partial charge in [0.15, 0.2) is 0 Å². The third-order valence-electron chi connectivity index (χ3n) is 4.00. The molecule has 0 aliphatic carbocycles. The van der Waals surface area contributed by atoms with E-state index in [-0.39, 0.29) is 12.5 Å². The number of nitrogens with zero attached hydrogens (tertiary/aromatic N) is 1. The molecule has 0 spiro atoms. The molecule has 2 aromatic carbocycles. The largest absolute Gasteiger partial charge is 0.468 e. The van der Waals surface area contributed by atoms with Crippen LogP contribution in [0.3, 0.4) is 0 Å². The van der Waals surface area contributed by atoms with E-state index in [0.29, 0.717) is 5.56 Å². The average Bonchev–Trinajstić information content (AvgIpc) is 2.93. The second-order valence-corrected chi connectivity index (χ2v) is 5.42. The summed E-state index contributed by atoms with van der Waals surface area (Å²) >= 11 is 0. The average molecular weight is 322 g/mol. The number of hydrogen-bond donors (Lipinski definition) is 1. The summed E-state index contributed by atoms with van der Waals surface area (Å²) in [6.07, 6.45) is 0. The number of aryl methyl sites for hydroxylation is 1. The molecule has 0 saturated heterocycles. The summed E-state index contributed by atoms with van der Waals surface area (Å²) < 4.78 is 6.58. The molecule has 24 heavy (non-hydrogen) atoms. The van der Waals surface area contributed by atoms with Crippen LogP contribution in [0.25, 0.3) is 22.2 Å². The molecule has 5 heteroatoms. The lowest BCUT2D eigenvalue weighted by molar-refractivity contribution is -0.139. The zero-order valence-corrected chi connectivity index (χ0v) is 13.6. The Kier molecular flexibility index (Phi) is 4.33. The van der Waals surface area contributed by atoms with Crippen LogP contribution in [0.4, 0.5) is 0 Å². The highest BCUT2D eigenvalue weighted by Crippen LogP contribution is 2.32. The number of carbonyl (C=O) groups is 2. The zero-order valence-electron chi connectivity index (χ0n) is 13.6. The predicted octanol–water partition coefficient (Wildman–Crippen LogP) is 2.75. The number of amides is 1. The molecule has 3 aromatic rings. The summed E-state index contributed by atoms with van der Waals surface area (Å²) in [6, 6.07) is 17.4. The maximum atomic E-state index is 12.8. The molecule has 0 unspecified atom stereocenters. The van der Waals surface area contributed by atoms with E-state index in [1.54, 1.807) is 0 Å². The van der Waals surface area contributed by atoms with Crippen molar-refractivity contribution >= 4 is 22.8 Å². The van der Waals surface area contributed by atoms with E-state index in [0.717, 1.165) is 22.2 Å². The fourth-order valence-electron chi connectivity index (χ4n) is 2.87. The van der Waals surface area contributed by atoms with E-state index < -0.39 is 5.97 Å². The maximum absolute atomic E-state index is 12.8. The van der Waals surface area contributed by atoms with Gasteiger partial charge < -0.3 is 14.6 Å². The van der Waals surface area contributed by atoms with Gasteiger partial charge in [0.25, 0.3) is 5.91 Å². The van der Waals surface area contributed by atoms with Crippen LogP contribution in [-0.4, -0.2) is 30.1 Å². The topological polar surface area (TPSA) is 60.3 Å². The van der Waals surface area contributed by atoms with Gasteiger partial charge in [-0.3, -0.25) is 9.59 Å². The van der Waals surface area contributed by atoms with Crippen molar-refractivity contribution in [3.63, 3.8) is 0 Å². The molecule has 1 aromatic heterocycles. The van der Waals surface area contributed by atoms with Crippen LogP contribution in [-0.2, 0) is 16.6 Å². The summed E-state index contributed by atoms with van der Waals surface area (Å²) in [5, 5.41) is 3.49. The van der Waals surface area contributed by atoms with Crippen molar-refractivity contribution in [2.45, 2.75) is 0 Å². The van der Waals surface area contributed by atoms with Gasteiger partial charge in [-0.1, -0.05) is 48.5 Å². The first-order chi connectivity index (χ1) is 11.6. The van der Waals surface area contributed by atoms with Gasteiger partial charge >= 0.3 is 5.97 Å². The molecule has 1 N–H and O–H groups in total. The Hall–Kier alpha value is -3.08. The lowest BCUT2D eigenvalue weighted by atomic mass is 10.0. The van der Waals surface area contributed by atoms with Gasteiger partial charge in [0, 0.05) is 18.0 Å². The highest BCUT2D eigenvalue weighted by molar-refractivity contribution is 6.13. The summed E-state index contributed by atoms with van der Waals surface area (Å²) in [7, 11) is 3.23. The van der Waals surface area contributed by atoms with Crippen LogP contribution in [0.1, 0.15) is 10.4 Å². The van der Waals surface area contributed by atoms with Crippen molar-refractivity contribution in [1.82, 2.24) is 9.88 Å². The predicted molar refractivity (Wildman–Crippen MR) is 92.7 cm³/mol. The van der Waals surface area contributed by atoms with Crippen molar-refractivity contribution in [3.8, 4) is 11.3 Å². The van der Waals surface area contributed by atoms with Gasteiger partial charge in [-0.2, -0.15) is 0 Å². The first kappa shape index (κ1) is 15.8. The van der Waals surface area contributed by atoms with Crippen molar-refractivity contribution in [1.29, 1.82) is 0 Å². The molecule has 122 valence electrons. The Bertz CT molecular complexity index is 898. The lowest BCUT2D eigenvalue weighted by Crippen LogP contribution is -2.30. The number of methoxy groups -OCH3 is 1. The van der Waals surface area contributed by atoms with E-state index in [1.807, 2.05) is 66.2 Å². The van der Waals surface area contributed by atoms with E-state index in [9.17, 15) is 9.59 Å². The third-order valence-corrected chi connectivity index (χ3v) is 4.00. The number of hydrogen-bond acceptors (Lipinski definition) is 3. The third kappa shape index (κ3) is 2.76. The number of aromatic nitrogens is 1. The number of para-hydroxylation sites is 1. The minimum absolute atomic E-state index is 0.160. The Labute approximate surface area is 139 Å². The smallest absolute Gasteiger partial charge is 0.325 e. The fraction of sp³-hybridized carbons (Fsp3) is 0.158. The quantitative estimate of drug-likeness (QED) is 0.751. The highest BCUT2D eigenvalue weighted by atomic mass is 16.5. The van der Waals surface area contributed by atoms with Crippen molar-refractivity contribution in [2.24, 2.45) is 7.05 Å². The van der Waals surface area contributed by atoms with Gasteiger partial charge in [0.05, 0.1) is 18.4 Å². The van der Waals surface area contributed by atoms with Crippen LogP contribution >= 0.6 is 0 Å². The van der Waals surface area contributed by atoms with Crippen molar-refractivity contribution in [2.75, 3.05) is 13.7 Å². The fourth-order valence-corrected chi connectivity index (χ4v) is 2.87. The number of nitrogens with one attached hydrogen (secondary N) is 1. The number of benzene rings is 2. The molecule has 0 bridgehead atoms. The van der Waals surface area contributed by atoms with Crippen LogP contribution in [0.5, 0.6) is 0 Å². The SMILES string of the molecule is COC(=O)CNC(=O)c1c(-c2ccccc2)n(C)c2ccccc12.